The van der Waals surface area contributed by atoms with Gasteiger partial charge in [0.2, 0.25) is 0 Å². The molecule has 0 saturated heterocycles. The van der Waals surface area contributed by atoms with Crippen LogP contribution in [-0.4, -0.2) is 24.6 Å². The number of rotatable bonds is 7. The van der Waals surface area contributed by atoms with Crippen molar-refractivity contribution in [2.75, 3.05) is 18.5 Å². The van der Waals surface area contributed by atoms with Gasteiger partial charge in [-0.1, -0.05) is 13.3 Å². The van der Waals surface area contributed by atoms with E-state index in [2.05, 4.69) is 30.1 Å². The third kappa shape index (κ3) is 3.22. The molecule has 2 rings (SSSR count). The van der Waals surface area contributed by atoms with Crippen LogP contribution >= 0.6 is 0 Å². The Kier molecular flexibility index (Phi) is 4.59. The molecular weight excluding hydrogens is 222 g/mol. The normalized spacial score (nSPS) is 14.8. The van der Waals surface area contributed by atoms with Gasteiger partial charge < -0.3 is 10.2 Å². The van der Waals surface area contributed by atoms with E-state index in [1.807, 2.05) is 13.2 Å². The molecule has 0 aliphatic heterocycles. The van der Waals surface area contributed by atoms with E-state index in [9.17, 15) is 0 Å². The number of nitrogens with zero attached hydrogens (tertiary/aromatic N) is 2. The maximum atomic E-state index is 4.70. The summed E-state index contributed by atoms with van der Waals surface area (Å²) in [5.74, 6) is 1.20. The average molecular weight is 247 g/mol. The van der Waals surface area contributed by atoms with E-state index in [1.165, 1.54) is 42.6 Å². The lowest BCUT2D eigenvalue weighted by molar-refractivity contribution is 0.701. The molecule has 1 N–H and O–H groups in total. The number of hydrogen-bond acceptors (Lipinski definition) is 3. The topological polar surface area (TPSA) is 28.2 Å². The van der Waals surface area contributed by atoms with Crippen molar-refractivity contribution in [3.8, 4) is 0 Å². The predicted octanol–water partition coefficient (Wildman–Crippen LogP) is 2.88. The van der Waals surface area contributed by atoms with Gasteiger partial charge in [-0.25, -0.2) is 4.98 Å². The van der Waals surface area contributed by atoms with Crippen LogP contribution in [0.15, 0.2) is 12.3 Å². The van der Waals surface area contributed by atoms with Crippen molar-refractivity contribution in [3.63, 3.8) is 0 Å². The van der Waals surface area contributed by atoms with Gasteiger partial charge in [-0.15, -0.1) is 0 Å². The van der Waals surface area contributed by atoms with E-state index in [0.29, 0.717) is 0 Å². The highest BCUT2D eigenvalue weighted by atomic mass is 15.2. The predicted molar refractivity (Wildman–Crippen MR) is 77.0 cm³/mol. The Bertz CT molecular complexity index is 385. The third-order valence-corrected chi connectivity index (χ3v) is 3.50. The summed E-state index contributed by atoms with van der Waals surface area (Å²) in [4.78, 5) is 7.21. The van der Waals surface area contributed by atoms with Gasteiger partial charge in [0.25, 0.3) is 0 Å². The lowest BCUT2D eigenvalue weighted by Gasteiger charge is -2.25. The molecule has 100 valence electrons. The van der Waals surface area contributed by atoms with E-state index in [1.54, 1.807) is 0 Å². The Morgan fingerprint density at radius 1 is 1.44 bits per heavy atom. The van der Waals surface area contributed by atoms with Gasteiger partial charge in [0.05, 0.1) is 0 Å². The van der Waals surface area contributed by atoms with Gasteiger partial charge in [0.1, 0.15) is 5.82 Å². The minimum Gasteiger partial charge on any atom is -0.353 e. The van der Waals surface area contributed by atoms with Gasteiger partial charge in [-0.2, -0.15) is 0 Å². The average Bonchev–Trinajstić information content (AvgIpc) is 3.17. The molecule has 1 aromatic rings. The minimum absolute atomic E-state index is 0.748. The van der Waals surface area contributed by atoms with Crippen LogP contribution in [0.4, 0.5) is 5.82 Å². The first-order valence-corrected chi connectivity index (χ1v) is 7.13. The Morgan fingerprint density at radius 3 is 2.78 bits per heavy atom. The Balaban J connectivity index is 2.13. The van der Waals surface area contributed by atoms with Crippen molar-refractivity contribution in [1.29, 1.82) is 0 Å². The fraction of sp³-hybridized carbons (Fsp3) is 0.667. The Labute approximate surface area is 111 Å². The largest absolute Gasteiger partial charge is 0.353 e. The summed E-state index contributed by atoms with van der Waals surface area (Å²) in [5, 5.41) is 3.18. The number of anilines is 1. The van der Waals surface area contributed by atoms with Crippen LogP contribution in [0.3, 0.4) is 0 Å². The summed E-state index contributed by atoms with van der Waals surface area (Å²) < 4.78 is 0. The van der Waals surface area contributed by atoms with E-state index >= 15 is 0 Å². The zero-order chi connectivity index (χ0) is 13.0. The maximum absolute atomic E-state index is 4.70. The van der Waals surface area contributed by atoms with Crippen molar-refractivity contribution in [1.82, 2.24) is 10.3 Å². The third-order valence-electron chi connectivity index (χ3n) is 3.50. The molecule has 0 bridgehead atoms. The fourth-order valence-electron chi connectivity index (χ4n) is 2.40. The maximum Gasteiger partial charge on any atom is 0.131 e. The summed E-state index contributed by atoms with van der Waals surface area (Å²) in [5.41, 5.74) is 2.58. The van der Waals surface area contributed by atoms with Crippen molar-refractivity contribution in [2.45, 2.75) is 52.1 Å². The second-order valence-corrected chi connectivity index (χ2v) is 5.29. The first kappa shape index (κ1) is 13.3. The van der Waals surface area contributed by atoms with E-state index in [-0.39, 0.29) is 0 Å². The lowest BCUT2D eigenvalue weighted by atomic mass is 10.2. The van der Waals surface area contributed by atoms with Crippen LogP contribution in [0.5, 0.6) is 0 Å². The van der Waals surface area contributed by atoms with Gasteiger partial charge in [-0.05, 0) is 50.4 Å². The second-order valence-electron chi connectivity index (χ2n) is 5.29. The summed E-state index contributed by atoms with van der Waals surface area (Å²) in [6.45, 7) is 6.48. The summed E-state index contributed by atoms with van der Waals surface area (Å²) in [6.07, 6.45) is 7.20. The molecule has 1 heterocycles. The highest BCUT2D eigenvalue weighted by molar-refractivity contribution is 5.49. The quantitative estimate of drug-likeness (QED) is 0.803. The molecule has 3 nitrogen and oxygen atoms in total. The number of aromatic nitrogens is 1. The van der Waals surface area contributed by atoms with Gasteiger partial charge >= 0.3 is 0 Å². The van der Waals surface area contributed by atoms with Crippen molar-refractivity contribution in [2.24, 2.45) is 0 Å². The van der Waals surface area contributed by atoms with Gasteiger partial charge in [0, 0.05) is 25.3 Å². The monoisotopic (exact) mass is 247 g/mol. The highest BCUT2D eigenvalue weighted by Gasteiger charge is 2.30. The number of aryl methyl sites for hydroxylation is 1. The summed E-state index contributed by atoms with van der Waals surface area (Å²) in [6, 6.07) is 3.01. The van der Waals surface area contributed by atoms with Crippen LogP contribution in [0.25, 0.3) is 0 Å². The molecule has 0 spiro atoms. The molecule has 0 aromatic carbocycles. The second kappa shape index (κ2) is 6.19. The smallest absolute Gasteiger partial charge is 0.131 e. The fourth-order valence-corrected chi connectivity index (χ4v) is 2.40. The number of hydrogen-bond donors (Lipinski definition) is 1. The molecule has 1 saturated carbocycles. The molecule has 3 heteroatoms. The van der Waals surface area contributed by atoms with Crippen LogP contribution in [0, 0.1) is 6.92 Å². The molecule has 18 heavy (non-hydrogen) atoms. The highest BCUT2D eigenvalue weighted by Crippen LogP contribution is 2.32. The molecule has 1 fully saturated rings. The van der Waals surface area contributed by atoms with Crippen molar-refractivity contribution >= 4 is 5.82 Å². The molecule has 0 radical (unpaired) electrons. The zero-order valence-electron chi connectivity index (χ0n) is 11.9. The van der Waals surface area contributed by atoms with Crippen molar-refractivity contribution < 1.29 is 0 Å². The molecule has 0 amide bonds. The minimum atomic E-state index is 0.748. The number of nitrogens with one attached hydrogen (secondary N) is 1. The summed E-state index contributed by atoms with van der Waals surface area (Å²) >= 11 is 0. The molecular formula is C15H25N3. The van der Waals surface area contributed by atoms with E-state index in [0.717, 1.165) is 19.1 Å². The Morgan fingerprint density at radius 2 is 2.22 bits per heavy atom. The zero-order valence-corrected chi connectivity index (χ0v) is 11.9. The van der Waals surface area contributed by atoms with Crippen LogP contribution in [0.2, 0.25) is 0 Å². The van der Waals surface area contributed by atoms with E-state index in [4.69, 9.17) is 4.98 Å². The van der Waals surface area contributed by atoms with Gasteiger partial charge in [-0.3, -0.25) is 0 Å². The molecule has 0 atom stereocenters. The van der Waals surface area contributed by atoms with Crippen LogP contribution in [-0.2, 0) is 6.54 Å². The Hall–Kier alpha value is -1.09. The number of unbranched alkanes of at least 4 members (excludes halogenated alkanes) is 1. The summed E-state index contributed by atoms with van der Waals surface area (Å²) in [7, 11) is 1.97. The molecule has 1 aliphatic carbocycles. The van der Waals surface area contributed by atoms with Gasteiger partial charge in [0.15, 0.2) is 0 Å². The first-order valence-electron chi connectivity index (χ1n) is 7.13. The van der Waals surface area contributed by atoms with E-state index < -0.39 is 0 Å². The molecule has 0 unspecified atom stereocenters. The lowest BCUT2D eigenvalue weighted by Crippen LogP contribution is -2.28. The number of pyridine rings is 1. The first-order chi connectivity index (χ1) is 8.76. The molecule has 1 aliphatic rings. The van der Waals surface area contributed by atoms with Crippen LogP contribution in [0.1, 0.15) is 43.7 Å². The standard InChI is InChI=1S/C15H25N3/c1-4-5-8-18(14-6-7-14)15-12(2)9-13(10-16-3)11-17-15/h9,11,14,16H,4-8,10H2,1-3H3. The van der Waals surface area contributed by atoms with Crippen molar-refractivity contribution in [3.05, 3.63) is 23.4 Å². The molecule has 1 aromatic heterocycles. The SMILES string of the molecule is CCCCN(c1ncc(CNC)cc1C)C1CC1. The van der Waals surface area contributed by atoms with Crippen LogP contribution < -0.4 is 10.2 Å².